The molecule has 0 aliphatic heterocycles. The number of rotatable bonds is 4. The number of nitrogen functional groups attached to an aromatic ring is 2. The standard InChI is InChI=1S/C17H14FN9O2/c18-10-3-1-2-9-11(16-24-14(19)13(15(20)25-16)29-17(21)28)26-27(12(9)10)6-8-4-22-7-23-5-8/h1-5,7H,6H2,(H2,21,28)(H4,19,20,24,25). The average Bonchev–Trinajstić information content (AvgIpc) is 3.05. The molecule has 4 aromatic rings. The Morgan fingerprint density at radius 2 is 1.83 bits per heavy atom. The topological polar surface area (TPSA) is 174 Å². The van der Waals surface area contributed by atoms with Gasteiger partial charge in [0.15, 0.2) is 17.5 Å². The van der Waals surface area contributed by atoms with Crippen molar-refractivity contribution >= 4 is 28.6 Å². The van der Waals surface area contributed by atoms with E-state index >= 15 is 0 Å². The third-order valence-corrected chi connectivity index (χ3v) is 4.00. The highest BCUT2D eigenvalue weighted by molar-refractivity contribution is 5.92. The number of para-hydroxylation sites is 1. The van der Waals surface area contributed by atoms with E-state index in [2.05, 4.69) is 25.0 Å². The molecule has 1 amide bonds. The van der Waals surface area contributed by atoms with Crippen molar-refractivity contribution in [3.05, 3.63) is 48.3 Å². The molecular formula is C17H14FN9O2. The number of hydrogen-bond donors (Lipinski definition) is 3. The molecule has 146 valence electrons. The maximum Gasteiger partial charge on any atom is 0.410 e. The van der Waals surface area contributed by atoms with Crippen molar-refractivity contribution in [2.45, 2.75) is 6.54 Å². The van der Waals surface area contributed by atoms with Crippen LogP contribution >= 0.6 is 0 Å². The number of amides is 1. The Labute approximate surface area is 162 Å². The Hall–Kier alpha value is -4.35. The van der Waals surface area contributed by atoms with Crippen LogP contribution in [0.4, 0.5) is 20.8 Å². The van der Waals surface area contributed by atoms with E-state index in [4.69, 9.17) is 21.9 Å². The van der Waals surface area contributed by atoms with Gasteiger partial charge in [0.1, 0.15) is 23.4 Å². The summed E-state index contributed by atoms with van der Waals surface area (Å²) in [5.41, 5.74) is 17.8. The van der Waals surface area contributed by atoms with E-state index in [0.29, 0.717) is 5.39 Å². The summed E-state index contributed by atoms with van der Waals surface area (Å²) in [4.78, 5) is 27.1. The Morgan fingerprint density at radius 1 is 1.14 bits per heavy atom. The van der Waals surface area contributed by atoms with Crippen molar-refractivity contribution < 1.29 is 13.9 Å². The van der Waals surface area contributed by atoms with Gasteiger partial charge in [0.25, 0.3) is 0 Å². The molecular weight excluding hydrogens is 381 g/mol. The number of fused-ring (bicyclic) bond motifs is 1. The van der Waals surface area contributed by atoms with E-state index in [9.17, 15) is 9.18 Å². The molecule has 0 saturated carbocycles. The molecule has 0 fully saturated rings. The number of carbonyl (C=O) groups excluding carboxylic acids is 1. The van der Waals surface area contributed by atoms with Gasteiger partial charge in [-0.25, -0.2) is 29.1 Å². The summed E-state index contributed by atoms with van der Waals surface area (Å²) in [6.07, 6.45) is 3.49. The van der Waals surface area contributed by atoms with Gasteiger partial charge in [0.05, 0.1) is 6.54 Å². The fourth-order valence-corrected chi connectivity index (χ4v) is 2.85. The van der Waals surface area contributed by atoms with Crippen molar-refractivity contribution in [2.24, 2.45) is 5.73 Å². The third-order valence-electron chi connectivity index (χ3n) is 4.00. The van der Waals surface area contributed by atoms with Crippen LogP contribution in [0.25, 0.3) is 22.4 Å². The first kappa shape index (κ1) is 18.0. The molecule has 0 aliphatic carbocycles. The first-order chi connectivity index (χ1) is 13.9. The van der Waals surface area contributed by atoms with Gasteiger partial charge in [-0.1, -0.05) is 12.1 Å². The molecule has 0 aliphatic rings. The lowest BCUT2D eigenvalue weighted by Crippen LogP contribution is -2.19. The van der Waals surface area contributed by atoms with Gasteiger partial charge >= 0.3 is 6.09 Å². The molecule has 4 rings (SSSR count). The number of aromatic nitrogens is 6. The molecule has 0 atom stereocenters. The van der Waals surface area contributed by atoms with E-state index in [1.165, 1.54) is 23.1 Å². The quantitative estimate of drug-likeness (QED) is 0.457. The number of ether oxygens (including phenoxy) is 1. The van der Waals surface area contributed by atoms with Crippen molar-refractivity contribution in [1.82, 2.24) is 29.7 Å². The molecule has 3 aromatic heterocycles. The molecule has 29 heavy (non-hydrogen) atoms. The molecule has 0 spiro atoms. The van der Waals surface area contributed by atoms with Crippen LogP contribution < -0.4 is 21.9 Å². The summed E-state index contributed by atoms with van der Waals surface area (Å²) < 4.78 is 20.8. The minimum Gasteiger partial charge on any atom is -0.403 e. The zero-order chi connectivity index (χ0) is 20.5. The van der Waals surface area contributed by atoms with Crippen LogP contribution in [0.3, 0.4) is 0 Å². The predicted molar refractivity (Wildman–Crippen MR) is 101 cm³/mol. The third kappa shape index (κ3) is 3.34. The lowest BCUT2D eigenvalue weighted by atomic mass is 10.2. The highest BCUT2D eigenvalue weighted by atomic mass is 19.1. The fraction of sp³-hybridized carbons (Fsp3) is 0.0588. The van der Waals surface area contributed by atoms with Crippen molar-refractivity contribution in [3.8, 4) is 17.3 Å². The van der Waals surface area contributed by atoms with Crippen LogP contribution in [-0.2, 0) is 6.54 Å². The minimum absolute atomic E-state index is 0.0375. The number of nitrogens with zero attached hydrogens (tertiary/aromatic N) is 6. The highest BCUT2D eigenvalue weighted by Crippen LogP contribution is 2.32. The lowest BCUT2D eigenvalue weighted by molar-refractivity contribution is 0.211. The maximum atomic E-state index is 14.6. The van der Waals surface area contributed by atoms with Crippen molar-refractivity contribution in [3.63, 3.8) is 0 Å². The lowest BCUT2D eigenvalue weighted by Gasteiger charge is -2.08. The molecule has 0 bridgehead atoms. The first-order valence-electron chi connectivity index (χ1n) is 8.23. The summed E-state index contributed by atoms with van der Waals surface area (Å²) >= 11 is 0. The molecule has 12 heteroatoms. The zero-order valence-corrected chi connectivity index (χ0v) is 14.8. The van der Waals surface area contributed by atoms with E-state index < -0.39 is 11.9 Å². The molecule has 1 aromatic carbocycles. The first-order valence-corrected chi connectivity index (χ1v) is 8.23. The maximum absolute atomic E-state index is 14.6. The smallest absolute Gasteiger partial charge is 0.403 e. The Balaban J connectivity index is 1.87. The number of carbonyl (C=O) groups is 1. The second kappa shape index (κ2) is 6.99. The van der Waals surface area contributed by atoms with Crippen LogP contribution in [0.5, 0.6) is 5.75 Å². The number of nitrogens with two attached hydrogens (primary N) is 3. The molecule has 11 nitrogen and oxygen atoms in total. The van der Waals surface area contributed by atoms with E-state index in [-0.39, 0.29) is 41.0 Å². The number of hydrogen-bond acceptors (Lipinski definition) is 9. The van der Waals surface area contributed by atoms with Gasteiger partial charge in [-0.15, -0.1) is 0 Å². The number of halogens is 1. The normalized spacial score (nSPS) is 10.9. The fourth-order valence-electron chi connectivity index (χ4n) is 2.85. The second-order valence-electron chi connectivity index (χ2n) is 5.96. The minimum atomic E-state index is -1.11. The Morgan fingerprint density at radius 3 is 2.48 bits per heavy atom. The predicted octanol–water partition coefficient (Wildman–Crippen LogP) is 1.09. The molecule has 0 saturated heterocycles. The van der Waals surface area contributed by atoms with Crippen LogP contribution in [0.1, 0.15) is 5.56 Å². The van der Waals surface area contributed by atoms with Crippen molar-refractivity contribution in [2.75, 3.05) is 11.5 Å². The van der Waals surface area contributed by atoms with Gasteiger partial charge in [-0.05, 0) is 6.07 Å². The van der Waals surface area contributed by atoms with Gasteiger partial charge in [0, 0.05) is 23.3 Å². The van der Waals surface area contributed by atoms with E-state index in [1.807, 2.05) is 0 Å². The summed E-state index contributed by atoms with van der Waals surface area (Å²) in [7, 11) is 0. The van der Waals surface area contributed by atoms with E-state index in [1.54, 1.807) is 18.5 Å². The van der Waals surface area contributed by atoms with Crippen LogP contribution in [0, 0.1) is 5.82 Å². The number of anilines is 2. The molecule has 6 N–H and O–H groups in total. The van der Waals surface area contributed by atoms with Crippen LogP contribution in [0.15, 0.2) is 36.9 Å². The van der Waals surface area contributed by atoms with Gasteiger partial charge in [0.2, 0.25) is 5.75 Å². The number of benzene rings is 1. The van der Waals surface area contributed by atoms with Crippen LogP contribution in [-0.4, -0.2) is 35.8 Å². The Kier molecular flexibility index (Phi) is 4.35. The molecule has 0 unspecified atom stereocenters. The Bertz CT molecular complexity index is 1200. The summed E-state index contributed by atoms with van der Waals surface area (Å²) in [6, 6.07) is 4.53. The SMILES string of the molecule is NC(=O)Oc1c(N)nc(-c2nn(Cc3cncnc3)c3c(F)cccc23)nc1N. The monoisotopic (exact) mass is 395 g/mol. The number of primary amides is 1. The highest BCUT2D eigenvalue weighted by Gasteiger charge is 2.21. The largest absolute Gasteiger partial charge is 0.410 e. The molecule has 3 heterocycles. The van der Waals surface area contributed by atoms with Crippen molar-refractivity contribution in [1.29, 1.82) is 0 Å². The summed E-state index contributed by atoms with van der Waals surface area (Å²) in [5, 5.41) is 4.89. The second-order valence-corrected chi connectivity index (χ2v) is 5.96. The zero-order valence-electron chi connectivity index (χ0n) is 14.8. The van der Waals surface area contributed by atoms with Crippen LogP contribution in [0.2, 0.25) is 0 Å². The summed E-state index contributed by atoms with van der Waals surface area (Å²) in [5.74, 6) is -1.11. The molecule has 0 radical (unpaired) electrons. The van der Waals surface area contributed by atoms with Gasteiger partial charge in [-0.3, -0.25) is 4.68 Å². The van der Waals surface area contributed by atoms with Gasteiger partial charge < -0.3 is 21.9 Å². The summed E-state index contributed by atoms with van der Waals surface area (Å²) in [6.45, 7) is 0.214. The van der Waals surface area contributed by atoms with E-state index in [0.717, 1.165) is 5.56 Å². The average molecular weight is 395 g/mol. The van der Waals surface area contributed by atoms with Gasteiger partial charge in [-0.2, -0.15) is 5.10 Å².